The van der Waals surface area contributed by atoms with Gasteiger partial charge in [-0.05, 0) is 37.1 Å². The highest BCUT2D eigenvalue weighted by Gasteiger charge is 2.31. The number of fused-ring (bicyclic) bond motifs is 1. The number of ether oxygens (including phenoxy) is 1. The van der Waals surface area contributed by atoms with Crippen LogP contribution in [0.5, 0.6) is 5.75 Å². The van der Waals surface area contributed by atoms with Crippen molar-refractivity contribution in [1.82, 2.24) is 0 Å². The Morgan fingerprint density at radius 1 is 1.05 bits per heavy atom. The molecule has 3 rings (SSSR count). The van der Waals surface area contributed by atoms with Gasteiger partial charge < -0.3 is 10.5 Å². The molecule has 0 bridgehead atoms. The van der Waals surface area contributed by atoms with E-state index in [0.717, 1.165) is 17.7 Å². The van der Waals surface area contributed by atoms with Gasteiger partial charge in [-0.1, -0.05) is 36.4 Å². The second kappa shape index (κ2) is 4.39. The molecule has 0 aliphatic carbocycles. The van der Waals surface area contributed by atoms with Gasteiger partial charge in [0.05, 0.1) is 0 Å². The SMILES string of the molecule is CC1(C)CC(N)c2cc(-c3ccccc3)ccc2O1. The van der Waals surface area contributed by atoms with E-state index in [-0.39, 0.29) is 11.6 Å². The lowest BCUT2D eigenvalue weighted by molar-refractivity contribution is 0.0729. The van der Waals surface area contributed by atoms with E-state index in [0.29, 0.717) is 0 Å². The van der Waals surface area contributed by atoms with Crippen LogP contribution in [-0.4, -0.2) is 5.60 Å². The van der Waals surface area contributed by atoms with Crippen molar-refractivity contribution in [2.24, 2.45) is 5.73 Å². The highest BCUT2D eigenvalue weighted by atomic mass is 16.5. The summed E-state index contributed by atoms with van der Waals surface area (Å²) in [6.07, 6.45) is 0.845. The minimum absolute atomic E-state index is 0.0439. The monoisotopic (exact) mass is 253 g/mol. The van der Waals surface area contributed by atoms with Crippen molar-refractivity contribution in [2.45, 2.75) is 31.9 Å². The summed E-state index contributed by atoms with van der Waals surface area (Å²) in [6, 6.07) is 16.7. The standard InChI is InChI=1S/C17H19NO/c1-17(2)11-15(18)14-10-13(8-9-16(14)19-17)12-6-4-3-5-7-12/h3-10,15H,11,18H2,1-2H3. The van der Waals surface area contributed by atoms with Gasteiger partial charge in [-0.25, -0.2) is 0 Å². The summed E-state index contributed by atoms with van der Waals surface area (Å²) in [5.41, 5.74) is 9.62. The fraction of sp³-hybridized carbons (Fsp3) is 0.294. The topological polar surface area (TPSA) is 35.2 Å². The molecule has 0 aromatic heterocycles. The van der Waals surface area contributed by atoms with Gasteiger partial charge in [-0.2, -0.15) is 0 Å². The molecule has 2 nitrogen and oxygen atoms in total. The van der Waals surface area contributed by atoms with Gasteiger partial charge in [0.1, 0.15) is 11.4 Å². The Kier molecular flexibility index (Phi) is 2.83. The normalized spacial score (nSPS) is 20.5. The zero-order valence-corrected chi connectivity index (χ0v) is 11.4. The van der Waals surface area contributed by atoms with E-state index in [2.05, 4.69) is 38.1 Å². The summed E-state index contributed by atoms with van der Waals surface area (Å²) in [4.78, 5) is 0. The van der Waals surface area contributed by atoms with Gasteiger partial charge in [-0.3, -0.25) is 0 Å². The van der Waals surface area contributed by atoms with Crippen LogP contribution < -0.4 is 10.5 Å². The summed E-state index contributed by atoms with van der Waals surface area (Å²) in [5, 5.41) is 0. The lowest BCUT2D eigenvalue weighted by atomic mass is 9.89. The number of nitrogens with two attached hydrogens (primary N) is 1. The van der Waals surface area contributed by atoms with Gasteiger partial charge in [0.15, 0.2) is 0 Å². The summed E-state index contributed by atoms with van der Waals surface area (Å²) in [5.74, 6) is 0.920. The zero-order valence-electron chi connectivity index (χ0n) is 11.4. The third-order valence-corrected chi connectivity index (χ3v) is 3.61. The van der Waals surface area contributed by atoms with Crippen molar-refractivity contribution in [3.05, 3.63) is 54.1 Å². The Labute approximate surface area is 114 Å². The molecular formula is C17H19NO. The molecule has 2 aromatic carbocycles. The average Bonchev–Trinajstić information content (AvgIpc) is 2.38. The molecule has 2 aromatic rings. The first-order valence-corrected chi connectivity index (χ1v) is 6.69. The van der Waals surface area contributed by atoms with E-state index < -0.39 is 0 Å². The van der Waals surface area contributed by atoms with Gasteiger partial charge >= 0.3 is 0 Å². The molecule has 19 heavy (non-hydrogen) atoms. The predicted octanol–water partition coefficient (Wildman–Crippen LogP) is 3.91. The van der Waals surface area contributed by atoms with E-state index >= 15 is 0 Å². The first-order valence-electron chi connectivity index (χ1n) is 6.69. The molecule has 2 heteroatoms. The molecule has 0 fully saturated rings. The lowest BCUT2D eigenvalue weighted by Gasteiger charge is -2.36. The van der Waals surface area contributed by atoms with Gasteiger partial charge in [0, 0.05) is 18.0 Å². The fourth-order valence-electron chi connectivity index (χ4n) is 2.72. The molecular weight excluding hydrogens is 234 g/mol. The third kappa shape index (κ3) is 2.36. The maximum atomic E-state index is 6.29. The molecule has 1 aliphatic rings. The minimum Gasteiger partial charge on any atom is -0.487 e. The van der Waals surface area contributed by atoms with Gasteiger partial charge in [0.2, 0.25) is 0 Å². The highest BCUT2D eigenvalue weighted by Crippen LogP contribution is 2.40. The predicted molar refractivity (Wildman–Crippen MR) is 78.1 cm³/mol. The van der Waals surface area contributed by atoms with Crippen molar-refractivity contribution in [2.75, 3.05) is 0 Å². The maximum absolute atomic E-state index is 6.29. The number of hydrogen-bond acceptors (Lipinski definition) is 2. The first kappa shape index (κ1) is 12.2. The van der Waals surface area contributed by atoms with E-state index in [1.54, 1.807) is 0 Å². The number of rotatable bonds is 1. The molecule has 0 spiro atoms. The number of benzene rings is 2. The van der Waals surface area contributed by atoms with Crippen LogP contribution in [0.3, 0.4) is 0 Å². The summed E-state index contributed by atoms with van der Waals surface area (Å²) < 4.78 is 6.00. The largest absolute Gasteiger partial charge is 0.487 e. The molecule has 2 N–H and O–H groups in total. The van der Waals surface area contributed by atoms with Crippen LogP contribution in [0.2, 0.25) is 0 Å². The van der Waals surface area contributed by atoms with Crippen LogP contribution in [0.25, 0.3) is 11.1 Å². The molecule has 0 amide bonds. The van der Waals surface area contributed by atoms with E-state index in [1.165, 1.54) is 11.1 Å². The number of hydrogen-bond donors (Lipinski definition) is 1. The smallest absolute Gasteiger partial charge is 0.124 e. The van der Waals surface area contributed by atoms with Crippen LogP contribution in [0, 0.1) is 0 Å². The molecule has 0 saturated heterocycles. The second-order valence-corrected chi connectivity index (χ2v) is 5.79. The van der Waals surface area contributed by atoms with Crippen LogP contribution in [0.15, 0.2) is 48.5 Å². The Hall–Kier alpha value is -1.80. The lowest BCUT2D eigenvalue weighted by Crippen LogP contribution is -2.37. The van der Waals surface area contributed by atoms with E-state index in [4.69, 9.17) is 10.5 Å². The molecule has 1 heterocycles. The first-order chi connectivity index (χ1) is 9.05. The maximum Gasteiger partial charge on any atom is 0.124 e. The van der Waals surface area contributed by atoms with Gasteiger partial charge in [-0.15, -0.1) is 0 Å². The molecule has 1 unspecified atom stereocenters. The van der Waals surface area contributed by atoms with Crippen molar-refractivity contribution in [1.29, 1.82) is 0 Å². The zero-order chi connectivity index (χ0) is 13.5. The minimum atomic E-state index is -0.180. The Morgan fingerprint density at radius 3 is 2.53 bits per heavy atom. The van der Waals surface area contributed by atoms with Crippen molar-refractivity contribution >= 4 is 0 Å². The van der Waals surface area contributed by atoms with E-state index in [9.17, 15) is 0 Å². The summed E-state index contributed by atoms with van der Waals surface area (Å²) in [6.45, 7) is 4.17. The second-order valence-electron chi connectivity index (χ2n) is 5.79. The van der Waals surface area contributed by atoms with E-state index in [1.807, 2.05) is 24.3 Å². The molecule has 98 valence electrons. The molecule has 1 atom stereocenters. The highest BCUT2D eigenvalue weighted by molar-refractivity contribution is 5.66. The van der Waals surface area contributed by atoms with Crippen molar-refractivity contribution in [3.63, 3.8) is 0 Å². The van der Waals surface area contributed by atoms with Gasteiger partial charge in [0.25, 0.3) is 0 Å². The average molecular weight is 253 g/mol. The summed E-state index contributed by atoms with van der Waals surface area (Å²) in [7, 11) is 0. The van der Waals surface area contributed by atoms with Crippen LogP contribution in [-0.2, 0) is 0 Å². The molecule has 0 radical (unpaired) electrons. The van der Waals surface area contributed by atoms with Crippen LogP contribution in [0.1, 0.15) is 31.9 Å². The molecule has 1 aliphatic heterocycles. The third-order valence-electron chi connectivity index (χ3n) is 3.61. The van der Waals surface area contributed by atoms with Crippen LogP contribution in [0.4, 0.5) is 0 Å². The van der Waals surface area contributed by atoms with Crippen LogP contribution >= 0.6 is 0 Å². The quantitative estimate of drug-likeness (QED) is 0.836. The molecule has 0 saturated carbocycles. The Morgan fingerprint density at radius 2 is 1.79 bits per heavy atom. The Bertz CT molecular complexity index is 589. The van der Waals surface area contributed by atoms with Crippen molar-refractivity contribution < 1.29 is 4.74 Å². The summed E-state index contributed by atoms with van der Waals surface area (Å²) >= 11 is 0. The fourth-order valence-corrected chi connectivity index (χ4v) is 2.72. The van der Waals surface area contributed by atoms with Crippen molar-refractivity contribution in [3.8, 4) is 16.9 Å². The Balaban J connectivity index is 2.04.